The van der Waals surface area contributed by atoms with Crippen molar-refractivity contribution in [2.75, 3.05) is 13.2 Å². The monoisotopic (exact) mass is 299 g/mol. The number of nitrogens with zero attached hydrogens (tertiary/aromatic N) is 1. The van der Waals surface area contributed by atoms with Crippen LogP contribution in [0.25, 0.3) is 0 Å². The number of ether oxygens (including phenoxy) is 1. The minimum absolute atomic E-state index is 0.0619. The van der Waals surface area contributed by atoms with E-state index >= 15 is 0 Å². The molecule has 1 aromatic carbocycles. The van der Waals surface area contributed by atoms with Gasteiger partial charge in [0.25, 0.3) is 5.91 Å². The zero-order chi connectivity index (χ0) is 15.4. The van der Waals surface area contributed by atoms with Gasteiger partial charge in [-0.05, 0) is 24.5 Å². The van der Waals surface area contributed by atoms with Gasteiger partial charge in [-0.25, -0.2) is 0 Å². The summed E-state index contributed by atoms with van der Waals surface area (Å²) in [6.07, 6.45) is 1.86. The molecule has 2 aromatic rings. The number of H-pyrrole nitrogens is 1. The second kappa shape index (κ2) is 6.75. The highest BCUT2D eigenvalue weighted by Crippen LogP contribution is 2.33. The zero-order valence-electron chi connectivity index (χ0n) is 12.7. The lowest BCUT2D eigenvalue weighted by Gasteiger charge is -2.19. The fourth-order valence-corrected chi connectivity index (χ4v) is 2.83. The minimum Gasteiger partial charge on any atom is -0.373 e. The van der Waals surface area contributed by atoms with Gasteiger partial charge in [0.2, 0.25) is 0 Å². The predicted molar refractivity (Wildman–Crippen MR) is 83.5 cm³/mol. The summed E-state index contributed by atoms with van der Waals surface area (Å²) in [6, 6.07) is 12.0. The van der Waals surface area contributed by atoms with Crippen molar-refractivity contribution < 1.29 is 9.53 Å². The number of carbonyl (C=O) groups is 1. The Bertz CT molecular complexity index is 624. The van der Waals surface area contributed by atoms with Crippen LogP contribution in [0.15, 0.2) is 36.4 Å². The Kier molecular flexibility index (Phi) is 4.53. The van der Waals surface area contributed by atoms with Crippen LogP contribution in [0.3, 0.4) is 0 Å². The van der Waals surface area contributed by atoms with Crippen molar-refractivity contribution in [1.29, 1.82) is 0 Å². The van der Waals surface area contributed by atoms with E-state index in [0.717, 1.165) is 25.1 Å². The van der Waals surface area contributed by atoms with Crippen LogP contribution in [0.5, 0.6) is 0 Å². The molecule has 22 heavy (non-hydrogen) atoms. The summed E-state index contributed by atoms with van der Waals surface area (Å²) in [4.78, 5) is 12.1. The van der Waals surface area contributed by atoms with E-state index < -0.39 is 0 Å². The van der Waals surface area contributed by atoms with Crippen LogP contribution in [0.2, 0.25) is 0 Å². The molecule has 1 aliphatic rings. The van der Waals surface area contributed by atoms with Crippen LogP contribution in [0.4, 0.5) is 0 Å². The zero-order valence-corrected chi connectivity index (χ0v) is 12.7. The number of aromatic amines is 1. The molecule has 0 saturated carbocycles. The molecule has 0 spiro atoms. The van der Waals surface area contributed by atoms with Crippen molar-refractivity contribution in [3.63, 3.8) is 0 Å². The minimum atomic E-state index is -0.130. The molecule has 5 heteroatoms. The lowest BCUT2D eigenvalue weighted by atomic mass is 9.95. The summed E-state index contributed by atoms with van der Waals surface area (Å²) < 4.78 is 5.84. The Morgan fingerprint density at radius 2 is 2.23 bits per heavy atom. The lowest BCUT2D eigenvalue weighted by Crippen LogP contribution is -2.30. The van der Waals surface area contributed by atoms with Gasteiger partial charge in [0.05, 0.1) is 6.10 Å². The molecule has 0 unspecified atom stereocenters. The number of rotatable bonds is 5. The molecule has 5 nitrogen and oxygen atoms in total. The molecule has 0 radical (unpaired) electrons. The molecular formula is C17H21N3O2. The van der Waals surface area contributed by atoms with Crippen LogP contribution in [0.1, 0.15) is 41.2 Å². The predicted octanol–water partition coefficient (Wildman–Crippen LogP) is 2.48. The first-order valence-corrected chi connectivity index (χ1v) is 7.77. The van der Waals surface area contributed by atoms with E-state index in [2.05, 4.69) is 27.6 Å². The molecule has 1 saturated heterocycles. The second-order valence-electron chi connectivity index (χ2n) is 5.59. The summed E-state index contributed by atoms with van der Waals surface area (Å²) in [5.41, 5.74) is 2.59. The third-order valence-electron chi connectivity index (χ3n) is 4.11. The van der Waals surface area contributed by atoms with Crippen molar-refractivity contribution >= 4 is 5.91 Å². The van der Waals surface area contributed by atoms with E-state index in [-0.39, 0.29) is 12.0 Å². The first kappa shape index (κ1) is 14.8. The van der Waals surface area contributed by atoms with Gasteiger partial charge in [0.1, 0.15) is 5.69 Å². The van der Waals surface area contributed by atoms with Crippen molar-refractivity contribution in [3.8, 4) is 0 Å². The molecule has 116 valence electrons. The van der Waals surface area contributed by atoms with Crippen molar-refractivity contribution in [2.45, 2.75) is 25.9 Å². The molecule has 0 aliphatic carbocycles. The Morgan fingerprint density at radius 1 is 1.41 bits per heavy atom. The van der Waals surface area contributed by atoms with Gasteiger partial charge in [-0.1, -0.05) is 37.3 Å². The van der Waals surface area contributed by atoms with E-state index in [9.17, 15) is 4.79 Å². The molecule has 1 amide bonds. The van der Waals surface area contributed by atoms with Crippen LogP contribution in [0, 0.1) is 5.92 Å². The maximum Gasteiger partial charge on any atom is 0.271 e. The number of hydrogen-bond donors (Lipinski definition) is 2. The van der Waals surface area contributed by atoms with Crippen molar-refractivity contribution in [1.82, 2.24) is 15.5 Å². The van der Waals surface area contributed by atoms with Gasteiger partial charge in [0.15, 0.2) is 0 Å². The Balaban J connectivity index is 1.59. The molecule has 0 bridgehead atoms. The molecule has 2 heterocycles. The first-order chi connectivity index (χ1) is 10.8. The Hall–Kier alpha value is -2.14. The molecular weight excluding hydrogens is 278 g/mol. The third-order valence-corrected chi connectivity index (χ3v) is 4.11. The van der Waals surface area contributed by atoms with E-state index in [1.54, 1.807) is 6.07 Å². The highest BCUT2D eigenvalue weighted by molar-refractivity contribution is 5.92. The smallest absolute Gasteiger partial charge is 0.271 e. The number of hydrogen-bond acceptors (Lipinski definition) is 3. The lowest BCUT2D eigenvalue weighted by molar-refractivity contribution is 0.0844. The van der Waals surface area contributed by atoms with Crippen LogP contribution >= 0.6 is 0 Å². The molecule has 1 aromatic heterocycles. The summed E-state index contributed by atoms with van der Waals surface area (Å²) in [7, 11) is 0. The number of aromatic nitrogens is 2. The highest BCUT2D eigenvalue weighted by Gasteiger charge is 2.29. The fourth-order valence-electron chi connectivity index (χ4n) is 2.83. The second-order valence-corrected chi connectivity index (χ2v) is 5.59. The van der Waals surface area contributed by atoms with E-state index in [1.165, 1.54) is 5.56 Å². The average Bonchev–Trinajstić information content (AvgIpc) is 3.22. The Morgan fingerprint density at radius 3 is 2.95 bits per heavy atom. The third kappa shape index (κ3) is 3.20. The van der Waals surface area contributed by atoms with Crippen molar-refractivity contribution in [2.24, 2.45) is 5.92 Å². The fraction of sp³-hybridized carbons (Fsp3) is 0.412. The van der Waals surface area contributed by atoms with Gasteiger partial charge in [-0.3, -0.25) is 9.89 Å². The number of nitrogens with one attached hydrogen (secondary N) is 2. The van der Waals surface area contributed by atoms with Crippen molar-refractivity contribution in [3.05, 3.63) is 53.3 Å². The maximum absolute atomic E-state index is 12.1. The first-order valence-electron chi connectivity index (χ1n) is 7.77. The quantitative estimate of drug-likeness (QED) is 0.891. The summed E-state index contributed by atoms with van der Waals surface area (Å²) in [5, 5.41) is 9.88. The molecule has 2 atom stereocenters. The van der Waals surface area contributed by atoms with Gasteiger partial charge < -0.3 is 10.1 Å². The Labute approximate surface area is 130 Å². The largest absolute Gasteiger partial charge is 0.373 e. The standard InChI is InChI=1S/C17H21N3O2/c1-2-14-10-15(20-19-14)17(21)18-11-13-8-9-22-16(13)12-6-4-3-5-7-12/h3-7,10,13,16H,2,8-9,11H2,1H3,(H,18,21)(H,19,20)/t13-,16-/m1/s1. The summed E-state index contributed by atoms with van der Waals surface area (Å²) in [6.45, 7) is 3.37. The number of benzene rings is 1. The van der Waals surface area contributed by atoms with E-state index in [0.29, 0.717) is 18.2 Å². The molecule has 2 N–H and O–H groups in total. The number of carbonyl (C=O) groups excluding carboxylic acids is 1. The van der Waals surface area contributed by atoms with Crippen LogP contribution in [-0.2, 0) is 11.2 Å². The maximum atomic E-state index is 12.1. The topological polar surface area (TPSA) is 67.0 Å². The number of amides is 1. The van der Waals surface area contributed by atoms with Crippen LogP contribution < -0.4 is 5.32 Å². The van der Waals surface area contributed by atoms with E-state index in [4.69, 9.17) is 4.74 Å². The average molecular weight is 299 g/mol. The summed E-state index contributed by atoms with van der Waals surface area (Å²) >= 11 is 0. The van der Waals surface area contributed by atoms with Gasteiger partial charge in [0, 0.05) is 24.8 Å². The SMILES string of the molecule is CCc1cc(C(=O)NC[C@H]2CCO[C@@H]2c2ccccc2)n[nH]1. The van der Waals surface area contributed by atoms with Gasteiger partial charge in [-0.15, -0.1) is 0 Å². The van der Waals surface area contributed by atoms with Gasteiger partial charge in [-0.2, -0.15) is 5.10 Å². The normalized spacial score (nSPS) is 21.0. The number of aryl methyl sites for hydroxylation is 1. The van der Waals surface area contributed by atoms with Gasteiger partial charge >= 0.3 is 0 Å². The molecule has 1 fully saturated rings. The molecule has 1 aliphatic heterocycles. The van der Waals surface area contributed by atoms with Crippen LogP contribution in [-0.4, -0.2) is 29.3 Å². The summed E-state index contributed by atoms with van der Waals surface area (Å²) in [5.74, 6) is 0.172. The molecule has 3 rings (SSSR count). The van der Waals surface area contributed by atoms with E-state index in [1.807, 2.05) is 25.1 Å². The highest BCUT2D eigenvalue weighted by atomic mass is 16.5.